The topological polar surface area (TPSA) is 29.5 Å². The van der Waals surface area contributed by atoms with Crippen molar-refractivity contribution in [3.63, 3.8) is 0 Å². The lowest BCUT2D eigenvalue weighted by Crippen LogP contribution is -2.46. The molecule has 0 saturated carbocycles. The Bertz CT molecular complexity index is 507. The second kappa shape index (κ2) is 5.52. The van der Waals surface area contributed by atoms with Gasteiger partial charge in [-0.1, -0.05) is 0 Å². The monoisotopic (exact) mass is 314 g/mol. The number of halogens is 2. The van der Waals surface area contributed by atoms with Gasteiger partial charge in [0.15, 0.2) is 0 Å². The van der Waals surface area contributed by atoms with Crippen LogP contribution in [0.2, 0.25) is 0 Å². The molecule has 3 rings (SSSR count). The van der Waals surface area contributed by atoms with E-state index in [-0.39, 0.29) is 11.5 Å². The molecule has 2 aliphatic heterocycles. The highest BCUT2D eigenvalue weighted by Gasteiger charge is 2.46. The van der Waals surface area contributed by atoms with Crippen molar-refractivity contribution in [1.82, 2.24) is 0 Å². The van der Waals surface area contributed by atoms with Crippen LogP contribution < -0.4 is 0 Å². The summed E-state index contributed by atoms with van der Waals surface area (Å²) in [6, 6.07) is 3.29. The van der Waals surface area contributed by atoms with Gasteiger partial charge in [-0.05, 0) is 55.6 Å². The first kappa shape index (κ1) is 15.3. The van der Waals surface area contributed by atoms with Crippen molar-refractivity contribution in [3.8, 4) is 0 Å². The third kappa shape index (κ3) is 2.96. The molecule has 2 saturated heterocycles. The smallest absolute Gasteiger partial charge is 0.126 e. The molecule has 0 bridgehead atoms. The van der Waals surface area contributed by atoms with Crippen molar-refractivity contribution in [2.24, 2.45) is 5.92 Å². The van der Waals surface area contributed by atoms with Crippen LogP contribution in [0.5, 0.6) is 0 Å². The first-order valence-corrected chi connectivity index (χ1v) is 8.47. The number of aliphatic hydroxyl groups is 1. The second-order valence-corrected chi connectivity index (χ2v) is 7.43. The fourth-order valence-corrected chi connectivity index (χ4v) is 4.83. The molecule has 1 spiro atoms. The minimum Gasteiger partial charge on any atom is -0.385 e. The van der Waals surface area contributed by atoms with Crippen LogP contribution in [0.1, 0.15) is 31.7 Å². The molecule has 0 radical (unpaired) electrons. The molecule has 1 aromatic rings. The van der Waals surface area contributed by atoms with E-state index >= 15 is 0 Å². The van der Waals surface area contributed by atoms with Crippen molar-refractivity contribution < 1.29 is 18.6 Å². The van der Waals surface area contributed by atoms with Crippen molar-refractivity contribution in [2.45, 2.75) is 37.4 Å². The summed E-state index contributed by atoms with van der Waals surface area (Å²) in [4.78, 5) is 0. The van der Waals surface area contributed by atoms with E-state index in [4.69, 9.17) is 4.74 Å². The standard InChI is InChI=1S/C16H20F2O2S/c1-15(19,12-6-13(17)8-14(18)7-12)11-2-4-20-16(9-11)3-5-21-10-16/h6-8,11,19H,2-5,9-10H2,1H3. The molecule has 1 aromatic carbocycles. The molecule has 2 nitrogen and oxygen atoms in total. The first-order chi connectivity index (χ1) is 9.91. The summed E-state index contributed by atoms with van der Waals surface area (Å²) in [6.45, 7) is 2.26. The minimum absolute atomic E-state index is 0.0499. The molecule has 1 N–H and O–H groups in total. The molecule has 3 atom stereocenters. The van der Waals surface area contributed by atoms with E-state index in [1.54, 1.807) is 6.92 Å². The predicted molar refractivity (Wildman–Crippen MR) is 79.3 cm³/mol. The lowest BCUT2D eigenvalue weighted by atomic mass is 9.73. The van der Waals surface area contributed by atoms with Crippen LogP contribution in [0.15, 0.2) is 18.2 Å². The molecule has 0 aromatic heterocycles. The van der Waals surface area contributed by atoms with E-state index in [0.717, 1.165) is 30.4 Å². The van der Waals surface area contributed by atoms with Crippen molar-refractivity contribution >= 4 is 11.8 Å². The van der Waals surface area contributed by atoms with Crippen molar-refractivity contribution in [2.75, 3.05) is 18.1 Å². The normalized spacial score (nSPS) is 32.3. The number of hydrogen-bond donors (Lipinski definition) is 1. The summed E-state index contributed by atoms with van der Waals surface area (Å²) in [5.41, 5.74) is -1.09. The Labute approximate surface area is 127 Å². The third-order valence-corrected chi connectivity index (χ3v) is 6.03. The van der Waals surface area contributed by atoms with Crippen molar-refractivity contribution in [1.29, 1.82) is 0 Å². The van der Waals surface area contributed by atoms with Gasteiger partial charge in [0.1, 0.15) is 11.6 Å². The number of benzene rings is 1. The zero-order valence-electron chi connectivity index (χ0n) is 12.1. The number of ether oxygens (including phenoxy) is 1. The van der Waals surface area contributed by atoms with Gasteiger partial charge in [0, 0.05) is 18.4 Å². The van der Waals surface area contributed by atoms with Crippen LogP contribution in [0.4, 0.5) is 8.78 Å². The maximum absolute atomic E-state index is 13.4. The van der Waals surface area contributed by atoms with E-state index in [9.17, 15) is 13.9 Å². The minimum atomic E-state index is -1.24. The van der Waals surface area contributed by atoms with Gasteiger partial charge >= 0.3 is 0 Å². The summed E-state index contributed by atoms with van der Waals surface area (Å²) in [6.07, 6.45) is 2.43. The van der Waals surface area contributed by atoms with Crippen LogP contribution in [0.3, 0.4) is 0 Å². The Morgan fingerprint density at radius 3 is 2.67 bits per heavy atom. The molecule has 116 valence electrons. The molecular weight excluding hydrogens is 294 g/mol. The predicted octanol–water partition coefficient (Wildman–Crippen LogP) is 3.47. The van der Waals surface area contributed by atoms with E-state index in [2.05, 4.69) is 0 Å². The van der Waals surface area contributed by atoms with Crippen molar-refractivity contribution in [3.05, 3.63) is 35.4 Å². The van der Waals surface area contributed by atoms with Gasteiger partial charge in [-0.25, -0.2) is 8.78 Å². The summed E-state index contributed by atoms with van der Waals surface area (Å²) in [5, 5.41) is 10.9. The molecule has 2 heterocycles. The summed E-state index contributed by atoms with van der Waals surface area (Å²) in [5.74, 6) is 0.665. The molecule has 0 aliphatic carbocycles. The van der Waals surface area contributed by atoms with Gasteiger partial charge < -0.3 is 9.84 Å². The zero-order chi connectivity index (χ0) is 15.1. The zero-order valence-corrected chi connectivity index (χ0v) is 12.9. The summed E-state index contributed by atoms with van der Waals surface area (Å²) in [7, 11) is 0. The number of thioether (sulfide) groups is 1. The lowest BCUT2D eigenvalue weighted by molar-refractivity contribution is -0.129. The Hall–Kier alpha value is -0.650. The van der Waals surface area contributed by atoms with Crippen LogP contribution in [-0.2, 0) is 10.3 Å². The van der Waals surface area contributed by atoms with E-state index in [1.165, 1.54) is 12.1 Å². The fraction of sp³-hybridized carbons (Fsp3) is 0.625. The molecular formula is C16H20F2O2S. The summed E-state index contributed by atoms with van der Waals surface area (Å²) < 4.78 is 32.8. The maximum Gasteiger partial charge on any atom is 0.126 e. The Morgan fingerprint density at radius 1 is 1.33 bits per heavy atom. The highest BCUT2D eigenvalue weighted by molar-refractivity contribution is 7.99. The second-order valence-electron chi connectivity index (χ2n) is 6.33. The maximum atomic E-state index is 13.4. The van der Waals surface area contributed by atoms with Gasteiger partial charge in [0.2, 0.25) is 0 Å². The average Bonchev–Trinajstić information content (AvgIpc) is 2.85. The Kier molecular flexibility index (Phi) is 4.01. The van der Waals surface area contributed by atoms with Gasteiger partial charge in [-0.15, -0.1) is 0 Å². The average molecular weight is 314 g/mol. The lowest BCUT2D eigenvalue weighted by Gasteiger charge is -2.43. The number of rotatable bonds is 2. The highest BCUT2D eigenvalue weighted by Crippen LogP contribution is 2.46. The molecule has 21 heavy (non-hydrogen) atoms. The summed E-state index contributed by atoms with van der Waals surface area (Å²) >= 11 is 1.87. The third-order valence-electron chi connectivity index (χ3n) is 4.80. The molecule has 2 fully saturated rings. The van der Waals surface area contributed by atoms with Gasteiger partial charge in [0.25, 0.3) is 0 Å². The highest BCUT2D eigenvalue weighted by atomic mass is 32.2. The fourth-order valence-electron chi connectivity index (χ4n) is 3.45. The Morgan fingerprint density at radius 2 is 2.05 bits per heavy atom. The van der Waals surface area contributed by atoms with Crippen LogP contribution in [-0.4, -0.2) is 28.8 Å². The molecule has 5 heteroatoms. The van der Waals surface area contributed by atoms with Crippen LogP contribution in [0.25, 0.3) is 0 Å². The van der Waals surface area contributed by atoms with Crippen LogP contribution >= 0.6 is 11.8 Å². The first-order valence-electron chi connectivity index (χ1n) is 7.32. The van der Waals surface area contributed by atoms with E-state index < -0.39 is 17.2 Å². The SMILES string of the molecule is CC(O)(c1cc(F)cc(F)c1)C1CCOC2(CCSC2)C1. The quantitative estimate of drug-likeness (QED) is 0.906. The van der Waals surface area contributed by atoms with Gasteiger partial charge in [-0.3, -0.25) is 0 Å². The molecule has 0 amide bonds. The van der Waals surface area contributed by atoms with E-state index in [1.807, 2.05) is 11.8 Å². The largest absolute Gasteiger partial charge is 0.385 e. The Balaban J connectivity index is 1.86. The van der Waals surface area contributed by atoms with E-state index in [0.29, 0.717) is 18.6 Å². The molecule has 2 aliphatic rings. The number of hydrogen-bond acceptors (Lipinski definition) is 3. The van der Waals surface area contributed by atoms with Crippen LogP contribution in [0, 0.1) is 17.6 Å². The van der Waals surface area contributed by atoms with Gasteiger partial charge in [-0.2, -0.15) is 11.8 Å². The molecule has 3 unspecified atom stereocenters. The van der Waals surface area contributed by atoms with Gasteiger partial charge in [0.05, 0.1) is 11.2 Å².